The zero-order valence-electron chi connectivity index (χ0n) is 11.4. The largest absolute Gasteiger partial charge is 0.307 e. The Balaban J connectivity index is 1.92. The standard InChI is InChI=1S/C14H12FN3O3S/c15-22(20,21)11-8-13(19)18(9-11)14-16-7-6-12(17-14)10-4-2-1-3-5-10/h1-7,11H,8-9H2. The minimum absolute atomic E-state index is 0.0810. The summed E-state index contributed by atoms with van der Waals surface area (Å²) in [5.74, 6) is -0.422. The summed E-state index contributed by atoms with van der Waals surface area (Å²) in [6.45, 7) is -0.268. The van der Waals surface area contributed by atoms with Gasteiger partial charge in [0.2, 0.25) is 11.9 Å². The van der Waals surface area contributed by atoms with Gasteiger partial charge in [0.1, 0.15) is 5.25 Å². The fourth-order valence-electron chi connectivity index (χ4n) is 2.30. The van der Waals surface area contributed by atoms with Crippen LogP contribution < -0.4 is 4.90 Å². The third-order valence-electron chi connectivity index (χ3n) is 3.44. The van der Waals surface area contributed by atoms with Gasteiger partial charge in [-0.3, -0.25) is 9.69 Å². The molecule has 8 heteroatoms. The number of anilines is 1. The number of hydrogen-bond acceptors (Lipinski definition) is 5. The number of benzene rings is 1. The lowest BCUT2D eigenvalue weighted by molar-refractivity contribution is -0.117. The normalized spacial score (nSPS) is 18.7. The number of carbonyl (C=O) groups excluding carboxylic acids is 1. The van der Waals surface area contributed by atoms with Crippen LogP contribution in [0.5, 0.6) is 0 Å². The van der Waals surface area contributed by atoms with Crippen molar-refractivity contribution in [2.75, 3.05) is 11.4 Å². The van der Waals surface area contributed by atoms with Crippen molar-refractivity contribution in [3.05, 3.63) is 42.6 Å². The Morgan fingerprint density at radius 2 is 1.91 bits per heavy atom. The predicted octanol–water partition coefficient (Wildman–Crippen LogP) is 1.55. The molecule has 1 atom stereocenters. The van der Waals surface area contributed by atoms with E-state index in [1.54, 1.807) is 6.07 Å². The highest BCUT2D eigenvalue weighted by molar-refractivity contribution is 7.87. The molecule has 0 saturated carbocycles. The van der Waals surface area contributed by atoms with Crippen LogP contribution in [0.1, 0.15) is 6.42 Å². The summed E-state index contributed by atoms with van der Waals surface area (Å²) >= 11 is 0. The van der Waals surface area contributed by atoms with E-state index in [0.717, 1.165) is 10.5 Å². The Kier molecular flexibility index (Phi) is 3.61. The van der Waals surface area contributed by atoms with Gasteiger partial charge in [-0.2, -0.15) is 8.42 Å². The molecule has 2 heterocycles. The number of halogens is 1. The summed E-state index contributed by atoms with van der Waals surface area (Å²) in [7, 11) is -4.76. The van der Waals surface area contributed by atoms with Gasteiger partial charge in [-0.05, 0) is 6.07 Å². The summed E-state index contributed by atoms with van der Waals surface area (Å²) in [5.41, 5.74) is 1.44. The van der Waals surface area contributed by atoms with Crippen LogP contribution in [-0.4, -0.2) is 36.1 Å². The molecule has 0 N–H and O–H groups in total. The molecule has 0 bridgehead atoms. The molecule has 1 aliphatic heterocycles. The van der Waals surface area contributed by atoms with E-state index >= 15 is 0 Å². The molecule has 6 nitrogen and oxygen atoms in total. The van der Waals surface area contributed by atoms with Crippen LogP contribution in [0.25, 0.3) is 11.3 Å². The molecule has 114 valence electrons. The second kappa shape index (κ2) is 5.45. The molecule has 1 amide bonds. The van der Waals surface area contributed by atoms with Crippen LogP contribution in [0.3, 0.4) is 0 Å². The van der Waals surface area contributed by atoms with Gasteiger partial charge in [0.15, 0.2) is 0 Å². The maximum atomic E-state index is 13.1. The van der Waals surface area contributed by atoms with E-state index in [4.69, 9.17) is 0 Å². The van der Waals surface area contributed by atoms with Crippen LogP contribution in [0, 0.1) is 0 Å². The number of amides is 1. The Morgan fingerprint density at radius 3 is 2.55 bits per heavy atom. The fraction of sp³-hybridized carbons (Fsp3) is 0.214. The van der Waals surface area contributed by atoms with Crippen molar-refractivity contribution in [1.82, 2.24) is 9.97 Å². The van der Waals surface area contributed by atoms with Crippen LogP contribution in [0.4, 0.5) is 9.83 Å². The summed E-state index contributed by atoms with van der Waals surface area (Å²) < 4.78 is 35.0. The van der Waals surface area contributed by atoms with Gasteiger partial charge in [0, 0.05) is 24.7 Å². The minimum atomic E-state index is -4.76. The lowest BCUT2D eigenvalue weighted by atomic mass is 10.1. The van der Waals surface area contributed by atoms with Gasteiger partial charge < -0.3 is 0 Å². The maximum absolute atomic E-state index is 13.1. The van der Waals surface area contributed by atoms with E-state index in [1.165, 1.54) is 6.20 Å². The third kappa shape index (κ3) is 2.82. The number of nitrogens with zero attached hydrogens (tertiary/aromatic N) is 3. The Bertz CT molecular complexity index is 811. The lowest BCUT2D eigenvalue weighted by Crippen LogP contribution is -2.28. The topological polar surface area (TPSA) is 80.2 Å². The first-order valence-electron chi connectivity index (χ1n) is 6.57. The lowest BCUT2D eigenvalue weighted by Gasteiger charge is -2.14. The molecule has 1 aromatic carbocycles. The smallest absolute Gasteiger partial charge is 0.279 e. The minimum Gasteiger partial charge on any atom is -0.279 e. The van der Waals surface area contributed by atoms with Gasteiger partial charge in [-0.15, -0.1) is 3.89 Å². The van der Waals surface area contributed by atoms with Crippen molar-refractivity contribution in [2.24, 2.45) is 0 Å². The van der Waals surface area contributed by atoms with Gasteiger partial charge in [-0.25, -0.2) is 9.97 Å². The fourth-order valence-corrected chi connectivity index (χ4v) is 2.97. The van der Waals surface area contributed by atoms with E-state index in [0.29, 0.717) is 5.69 Å². The Labute approximate surface area is 126 Å². The Hall–Kier alpha value is -2.35. The number of carbonyl (C=O) groups is 1. The average molecular weight is 321 g/mol. The van der Waals surface area contributed by atoms with E-state index in [-0.39, 0.29) is 12.5 Å². The predicted molar refractivity (Wildman–Crippen MR) is 78.3 cm³/mol. The van der Waals surface area contributed by atoms with E-state index in [9.17, 15) is 17.1 Å². The van der Waals surface area contributed by atoms with Crippen molar-refractivity contribution in [2.45, 2.75) is 11.7 Å². The average Bonchev–Trinajstić information content (AvgIpc) is 2.90. The van der Waals surface area contributed by atoms with Crippen molar-refractivity contribution in [3.63, 3.8) is 0 Å². The van der Waals surface area contributed by atoms with Gasteiger partial charge in [0.05, 0.1) is 5.69 Å². The Morgan fingerprint density at radius 1 is 1.18 bits per heavy atom. The van der Waals surface area contributed by atoms with Crippen LogP contribution in [0.2, 0.25) is 0 Å². The second-order valence-electron chi connectivity index (χ2n) is 4.91. The summed E-state index contributed by atoms with van der Waals surface area (Å²) in [6, 6.07) is 11.0. The zero-order chi connectivity index (χ0) is 15.7. The summed E-state index contributed by atoms with van der Waals surface area (Å²) in [5, 5.41) is -1.36. The van der Waals surface area contributed by atoms with Gasteiger partial charge in [-0.1, -0.05) is 30.3 Å². The molecule has 3 rings (SSSR count). The monoisotopic (exact) mass is 321 g/mol. The zero-order valence-corrected chi connectivity index (χ0v) is 12.2. The van der Waals surface area contributed by atoms with Crippen molar-refractivity contribution in [3.8, 4) is 11.3 Å². The quantitative estimate of drug-likeness (QED) is 0.801. The van der Waals surface area contributed by atoms with E-state index < -0.39 is 27.8 Å². The van der Waals surface area contributed by atoms with Crippen LogP contribution in [0.15, 0.2) is 42.6 Å². The first kappa shape index (κ1) is 14.6. The molecule has 1 aliphatic rings. The first-order valence-corrected chi connectivity index (χ1v) is 8.02. The molecule has 1 fully saturated rings. The molecule has 1 unspecified atom stereocenters. The molecule has 1 saturated heterocycles. The molecular weight excluding hydrogens is 309 g/mol. The van der Waals surface area contributed by atoms with Crippen molar-refractivity contribution >= 4 is 22.1 Å². The van der Waals surface area contributed by atoms with E-state index in [2.05, 4.69) is 9.97 Å². The third-order valence-corrected chi connectivity index (χ3v) is 4.55. The number of hydrogen-bond donors (Lipinski definition) is 0. The molecule has 0 spiro atoms. The van der Waals surface area contributed by atoms with Crippen LogP contribution in [-0.2, 0) is 15.0 Å². The highest BCUT2D eigenvalue weighted by Gasteiger charge is 2.40. The molecule has 1 aromatic heterocycles. The maximum Gasteiger partial charge on any atom is 0.307 e. The highest BCUT2D eigenvalue weighted by atomic mass is 32.3. The van der Waals surface area contributed by atoms with Crippen LogP contribution >= 0.6 is 0 Å². The van der Waals surface area contributed by atoms with Crippen molar-refractivity contribution < 1.29 is 17.1 Å². The molecule has 22 heavy (non-hydrogen) atoms. The summed E-state index contributed by atoms with van der Waals surface area (Å²) in [6.07, 6.45) is 1.09. The molecule has 0 radical (unpaired) electrons. The van der Waals surface area contributed by atoms with Gasteiger partial charge >= 0.3 is 10.2 Å². The number of aromatic nitrogens is 2. The highest BCUT2D eigenvalue weighted by Crippen LogP contribution is 2.25. The molecule has 0 aliphatic carbocycles. The molecule has 2 aromatic rings. The van der Waals surface area contributed by atoms with Crippen molar-refractivity contribution in [1.29, 1.82) is 0 Å². The first-order chi connectivity index (χ1) is 10.4. The van der Waals surface area contributed by atoms with E-state index in [1.807, 2.05) is 30.3 Å². The SMILES string of the molecule is O=C1CC(S(=O)(=O)F)CN1c1nccc(-c2ccccc2)n1. The summed E-state index contributed by atoms with van der Waals surface area (Å²) in [4.78, 5) is 21.3. The number of rotatable bonds is 3. The molecular formula is C14H12FN3O3S. The van der Waals surface area contributed by atoms with Gasteiger partial charge in [0.25, 0.3) is 0 Å². The second-order valence-corrected chi connectivity index (χ2v) is 6.53.